The molecule has 10 nitrogen and oxygen atoms in total. The molecule has 0 spiro atoms. The highest BCUT2D eigenvalue weighted by Crippen LogP contribution is 2.41. The Kier molecular flexibility index (Phi) is 8.69. The Hall–Kier alpha value is -3.99. The lowest BCUT2D eigenvalue weighted by molar-refractivity contribution is -0.189. The van der Waals surface area contributed by atoms with E-state index in [-0.39, 0.29) is 31.6 Å². The number of carbonyl (C=O) groups is 3. The van der Waals surface area contributed by atoms with Crippen LogP contribution >= 0.6 is 0 Å². The van der Waals surface area contributed by atoms with Gasteiger partial charge in [-0.15, -0.1) is 0 Å². The zero-order valence-electron chi connectivity index (χ0n) is 27.3. The van der Waals surface area contributed by atoms with Crippen molar-refractivity contribution >= 4 is 42.2 Å². The van der Waals surface area contributed by atoms with E-state index >= 15 is 0 Å². The van der Waals surface area contributed by atoms with E-state index < -0.39 is 37.3 Å². The van der Waals surface area contributed by atoms with E-state index in [0.29, 0.717) is 23.4 Å². The smallest absolute Gasteiger partial charge is 0.407 e. The van der Waals surface area contributed by atoms with Crippen LogP contribution < -0.4 is 16.1 Å². The van der Waals surface area contributed by atoms with E-state index in [1.54, 1.807) is 38.3 Å². The topological polar surface area (TPSA) is 126 Å². The molecule has 1 aromatic carbocycles. The number of cyclic esters (lactones) is 1. The minimum atomic E-state index is -1.95. The normalized spacial score (nSPS) is 17.3. The van der Waals surface area contributed by atoms with E-state index in [2.05, 4.69) is 31.4 Å². The minimum absolute atomic E-state index is 0.0485. The third-order valence-corrected chi connectivity index (χ3v) is 12.2. The number of fused-ring (bicyclic) bond motifs is 5. The lowest BCUT2D eigenvalue weighted by atomic mass is 9.85. The molecule has 0 radical (unpaired) electrons. The molecule has 2 aliphatic rings. The summed E-state index contributed by atoms with van der Waals surface area (Å²) in [7, 11) is -1.95. The van der Waals surface area contributed by atoms with Gasteiger partial charge in [0, 0.05) is 12.1 Å². The molecule has 0 saturated carbocycles. The molecule has 1 unspecified atom stereocenters. The van der Waals surface area contributed by atoms with Gasteiger partial charge in [-0.05, 0) is 55.5 Å². The first kappa shape index (κ1) is 32.4. The molecule has 1 amide bonds. The molecule has 5 rings (SSSR count). The number of alkyl carbamates (subject to hydrolysis) is 1. The van der Waals surface area contributed by atoms with Crippen LogP contribution in [-0.4, -0.2) is 47.8 Å². The zero-order valence-corrected chi connectivity index (χ0v) is 28.3. The summed E-state index contributed by atoms with van der Waals surface area (Å²) in [6.07, 6.45) is 1.43. The van der Waals surface area contributed by atoms with Crippen LogP contribution in [0.1, 0.15) is 77.0 Å². The third kappa shape index (κ3) is 6.02. The second-order valence-electron chi connectivity index (χ2n) is 13.5. The Bertz CT molecular complexity index is 1740. The van der Waals surface area contributed by atoms with Crippen molar-refractivity contribution in [2.75, 3.05) is 6.54 Å². The minimum Gasteiger partial charge on any atom is -0.457 e. The first-order chi connectivity index (χ1) is 21.2. The summed E-state index contributed by atoms with van der Waals surface area (Å²) in [6, 6.07) is 11.0. The number of nitrogens with one attached hydrogen (secondary N) is 1. The van der Waals surface area contributed by atoms with Gasteiger partial charge in [0.1, 0.15) is 12.2 Å². The number of hydrogen-bond acceptors (Lipinski definition) is 8. The van der Waals surface area contributed by atoms with E-state index in [1.165, 1.54) is 5.19 Å². The second kappa shape index (κ2) is 12.1. The largest absolute Gasteiger partial charge is 0.457 e. The van der Waals surface area contributed by atoms with Crippen molar-refractivity contribution in [3.63, 3.8) is 0 Å². The molecule has 11 heteroatoms. The van der Waals surface area contributed by atoms with Gasteiger partial charge in [0.25, 0.3) is 5.56 Å². The first-order valence-electron chi connectivity index (χ1n) is 15.8. The fourth-order valence-corrected chi connectivity index (χ4v) is 9.97. The van der Waals surface area contributed by atoms with Gasteiger partial charge in [0.05, 0.1) is 43.5 Å². The van der Waals surface area contributed by atoms with Gasteiger partial charge in [0.15, 0.2) is 0 Å². The Labute approximate surface area is 264 Å². The summed E-state index contributed by atoms with van der Waals surface area (Å²) in [5.74, 6) is -1.44. The Morgan fingerprint density at radius 3 is 2.56 bits per heavy atom. The highest BCUT2D eigenvalue weighted by molar-refractivity contribution is 6.91. The van der Waals surface area contributed by atoms with Crippen molar-refractivity contribution in [3.8, 4) is 11.4 Å². The summed E-state index contributed by atoms with van der Waals surface area (Å²) in [5.41, 5.74) is 1.12. The number of ether oxygens (including phenoxy) is 3. The summed E-state index contributed by atoms with van der Waals surface area (Å²) in [6.45, 7) is 14.0. The number of aromatic nitrogens is 2. The summed E-state index contributed by atoms with van der Waals surface area (Å²) < 4.78 is 18.3. The summed E-state index contributed by atoms with van der Waals surface area (Å²) >= 11 is 0. The van der Waals surface area contributed by atoms with Crippen molar-refractivity contribution < 1.29 is 28.6 Å². The molecular weight excluding hydrogens is 590 g/mol. The number of hydrogen-bond donors (Lipinski definition) is 1. The van der Waals surface area contributed by atoms with Gasteiger partial charge < -0.3 is 24.1 Å². The maximum Gasteiger partial charge on any atom is 0.407 e. The maximum atomic E-state index is 14.1. The fraction of sp³-hybridized carbons (Fsp3) is 0.500. The number of benzene rings is 1. The van der Waals surface area contributed by atoms with Crippen LogP contribution in [0.4, 0.5) is 4.79 Å². The van der Waals surface area contributed by atoms with Gasteiger partial charge in [0.2, 0.25) is 5.60 Å². The number of pyridine rings is 2. The number of amides is 1. The average Bonchev–Trinajstić information content (AvgIpc) is 3.33. The van der Waals surface area contributed by atoms with Crippen LogP contribution in [0.3, 0.4) is 0 Å². The van der Waals surface area contributed by atoms with Crippen LogP contribution in [0, 0.1) is 0 Å². The van der Waals surface area contributed by atoms with Gasteiger partial charge in [-0.1, -0.05) is 64.0 Å². The number of carbonyl (C=O) groups excluding carboxylic acids is 3. The van der Waals surface area contributed by atoms with Gasteiger partial charge in [-0.2, -0.15) is 0 Å². The molecule has 0 bridgehead atoms. The number of para-hydroxylation sites is 1. The monoisotopic (exact) mass is 633 g/mol. The van der Waals surface area contributed by atoms with Crippen LogP contribution in [0.15, 0.2) is 35.1 Å². The SMILES string of the molecule is CCCC[Si](C)(C)c1c2c(nc3ccccc13)-c1cc3c(c(=O)n1C2)COC(=O)C3(CC)OC(=O)CCNC(=O)OC(C)(C)C. The first-order valence-corrected chi connectivity index (χ1v) is 19.0. The average molecular weight is 634 g/mol. The van der Waals surface area contributed by atoms with Crippen LogP contribution in [-0.2, 0) is 42.6 Å². The van der Waals surface area contributed by atoms with E-state index in [1.807, 2.05) is 18.2 Å². The van der Waals surface area contributed by atoms with E-state index in [0.717, 1.165) is 41.0 Å². The fourth-order valence-electron chi connectivity index (χ4n) is 6.53. The standard InChI is InChI=1S/C34H43N3O7Si/c1-8-10-17-45(6,7)29-21-13-11-12-14-25(21)36-28-22(29)19-37-26(28)18-24-23(30(37)39)20-42-31(40)34(24,9-2)43-27(38)15-16-35-32(41)44-33(3,4)5/h11-14,18H,8-10,15-17,19-20H2,1-7H3,(H,35,41). The molecule has 4 heterocycles. The Morgan fingerprint density at radius 1 is 1.13 bits per heavy atom. The molecule has 0 fully saturated rings. The summed E-state index contributed by atoms with van der Waals surface area (Å²) in [4.78, 5) is 57.7. The van der Waals surface area contributed by atoms with Crippen molar-refractivity contribution in [1.82, 2.24) is 14.9 Å². The molecule has 45 heavy (non-hydrogen) atoms. The van der Waals surface area contributed by atoms with E-state index in [9.17, 15) is 19.2 Å². The number of rotatable bonds is 9. The molecule has 0 saturated heterocycles. The summed E-state index contributed by atoms with van der Waals surface area (Å²) in [5, 5.41) is 4.98. The second-order valence-corrected chi connectivity index (χ2v) is 18.3. The molecule has 0 aliphatic carbocycles. The molecule has 3 aromatic rings. The van der Waals surface area contributed by atoms with E-state index in [4.69, 9.17) is 19.2 Å². The van der Waals surface area contributed by atoms with Crippen molar-refractivity contribution in [2.45, 2.75) is 104 Å². The number of esters is 2. The molecule has 1 N–H and O–H groups in total. The molecule has 2 aromatic heterocycles. The van der Waals surface area contributed by atoms with Crippen molar-refractivity contribution in [3.05, 3.63) is 57.4 Å². The van der Waals surface area contributed by atoms with Crippen molar-refractivity contribution in [2.24, 2.45) is 0 Å². The highest BCUT2D eigenvalue weighted by atomic mass is 28.3. The predicted octanol–water partition coefficient (Wildman–Crippen LogP) is 5.26. The molecular formula is C34H43N3O7Si. The highest BCUT2D eigenvalue weighted by Gasteiger charge is 2.50. The number of nitrogens with zero attached hydrogens (tertiary/aromatic N) is 2. The molecule has 240 valence electrons. The predicted molar refractivity (Wildman–Crippen MR) is 174 cm³/mol. The maximum absolute atomic E-state index is 14.1. The third-order valence-electron chi connectivity index (χ3n) is 8.68. The zero-order chi connectivity index (χ0) is 32.7. The van der Waals surface area contributed by atoms with Crippen LogP contribution in [0.25, 0.3) is 22.3 Å². The van der Waals surface area contributed by atoms with Gasteiger partial charge in [-0.3, -0.25) is 9.59 Å². The lowest BCUT2D eigenvalue weighted by Gasteiger charge is -2.35. The molecule has 2 aliphatic heterocycles. The van der Waals surface area contributed by atoms with Crippen LogP contribution in [0.5, 0.6) is 0 Å². The number of unbranched alkanes of at least 4 members (excludes halogenated alkanes) is 1. The quantitative estimate of drug-likeness (QED) is 0.150. The van der Waals surface area contributed by atoms with Crippen LogP contribution in [0.2, 0.25) is 19.1 Å². The van der Waals surface area contributed by atoms with Crippen molar-refractivity contribution in [1.29, 1.82) is 0 Å². The lowest BCUT2D eigenvalue weighted by Crippen LogP contribution is -2.47. The van der Waals surface area contributed by atoms with Gasteiger partial charge in [-0.25, -0.2) is 14.6 Å². The Balaban J connectivity index is 1.56. The molecule has 1 atom stereocenters. The Morgan fingerprint density at radius 2 is 1.87 bits per heavy atom. The van der Waals surface area contributed by atoms with Gasteiger partial charge >= 0.3 is 18.0 Å².